The van der Waals surface area contributed by atoms with E-state index in [1.54, 1.807) is 94.7 Å². The highest BCUT2D eigenvalue weighted by Gasteiger charge is 2.17. The van der Waals surface area contributed by atoms with Gasteiger partial charge in [-0.1, -0.05) is 84.2 Å². The Morgan fingerprint density at radius 1 is 0.534 bits per heavy atom. The smallest absolute Gasteiger partial charge is 0.371 e. The third-order valence-electron chi connectivity index (χ3n) is 8.05. The van der Waals surface area contributed by atoms with E-state index < -0.39 is 5.97 Å². The zero-order valence-corrected chi connectivity index (χ0v) is 34.5. The van der Waals surface area contributed by atoms with Crippen LogP contribution in [-0.4, -0.2) is 36.2 Å². The van der Waals surface area contributed by atoms with E-state index >= 15 is 0 Å². The number of para-hydroxylation sites is 5. The molecule has 286 valence electrons. The minimum absolute atomic E-state index is 0.0398. The Labute approximate surface area is 352 Å². The Bertz CT molecular complexity index is 3050. The third-order valence-corrected chi connectivity index (χ3v) is 14.5. The Morgan fingerprint density at radius 3 is 1.41 bits per heavy atom. The zero-order valence-electron chi connectivity index (χ0n) is 29.6. The van der Waals surface area contributed by atoms with Gasteiger partial charge in [-0.2, -0.15) is 0 Å². The van der Waals surface area contributed by atoms with E-state index in [9.17, 15) is 19.2 Å². The molecular weight excluding hydrogens is 851 g/mol. The van der Waals surface area contributed by atoms with Gasteiger partial charge in [-0.05, 0) is 72.4 Å². The summed E-state index contributed by atoms with van der Waals surface area (Å²) in [6.45, 7) is 0. The lowest BCUT2D eigenvalue weighted by atomic mass is 10.2. The summed E-state index contributed by atoms with van der Waals surface area (Å²) in [5, 5.41) is 10.1. The molecule has 0 atom stereocenters. The van der Waals surface area contributed by atoms with Gasteiger partial charge in [0.2, 0.25) is 5.76 Å². The lowest BCUT2D eigenvalue weighted by Gasteiger charge is -2.00. The molecule has 1 N–H and O–H groups in total. The fourth-order valence-electron chi connectivity index (χ4n) is 5.39. The van der Waals surface area contributed by atoms with Crippen LogP contribution >= 0.6 is 69.3 Å². The van der Waals surface area contributed by atoms with Gasteiger partial charge in [0.1, 0.15) is 11.2 Å². The average Bonchev–Trinajstić information content (AvgIpc) is 3.97. The summed E-state index contributed by atoms with van der Waals surface area (Å²) >= 11 is 9.51. The summed E-state index contributed by atoms with van der Waals surface area (Å²) in [4.78, 5) is 60.1. The number of carboxylic acids is 1. The van der Waals surface area contributed by atoms with Gasteiger partial charge in [0, 0.05) is 12.1 Å². The van der Waals surface area contributed by atoms with Crippen molar-refractivity contribution in [3.63, 3.8) is 0 Å². The van der Waals surface area contributed by atoms with Crippen LogP contribution in [-0.2, 0) is 0 Å². The second-order valence-corrected chi connectivity index (χ2v) is 19.0. The van der Waals surface area contributed by atoms with Gasteiger partial charge in [0.05, 0.1) is 46.5 Å². The van der Waals surface area contributed by atoms with Crippen LogP contribution in [0, 0.1) is 0 Å². The van der Waals surface area contributed by atoms with Gasteiger partial charge in [-0.3, -0.25) is 14.4 Å². The molecule has 58 heavy (non-hydrogen) atoms. The number of hydrogen-bond acceptors (Lipinski definition) is 15. The second-order valence-electron chi connectivity index (χ2n) is 11.9. The van der Waals surface area contributed by atoms with Crippen LogP contribution in [0.3, 0.4) is 0 Å². The van der Waals surface area contributed by atoms with E-state index in [2.05, 4.69) is 51.4 Å². The highest BCUT2D eigenvalue weighted by Crippen LogP contribution is 2.36. The second kappa shape index (κ2) is 17.9. The van der Waals surface area contributed by atoms with Crippen molar-refractivity contribution < 1.29 is 23.5 Å². The predicted octanol–water partition coefficient (Wildman–Crippen LogP) is 11.6. The van der Waals surface area contributed by atoms with Gasteiger partial charge >= 0.3 is 5.97 Å². The molecule has 5 aromatic carbocycles. The molecule has 0 fully saturated rings. The molecule has 5 aromatic heterocycles. The third kappa shape index (κ3) is 9.23. The molecule has 0 saturated heterocycles. The number of carbonyl (C=O) groups excluding carboxylic acids is 1. The number of hydrogen-bond donors (Lipinski definition) is 1. The van der Waals surface area contributed by atoms with Crippen LogP contribution in [0.5, 0.6) is 0 Å². The number of aromatic carboxylic acids is 1. The standard InChI is InChI=1S/C17H9NO3S2.C15H10N2S4.C10H6O4/c19-12-9-14(21-13-7-3-1-5-10(12)13)16(20)23-17-18-11-6-2-4-8-15(11)22-17;1-3-7-12-10(5-1)16-14(20-12)18-9-19-15-17-11-6-2-4-8-13(11)21-15;11-7-5-9(10(12)13)14-8-4-2-1-3-6(7)8/h1-9H;1-8H,9H2;1-5H,(H,12,13). The van der Waals surface area contributed by atoms with Gasteiger partial charge in [-0.15, -0.1) is 34.0 Å². The normalized spacial score (nSPS) is 11.0. The maximum absolute atomic E-state index is 12.4. The van der Waals surface area contributed by atoms with Crippen molar-refractivity contribution in [1.29, 1.82) is 0 Å². The summed E-state index contributed by atoms with van der Waals surface area (Å²) in [6, 6.07) is 39.9. The van der Waals surface area contributed by atoms with E-state index in [0.29, 0.717) is 20.7 Å². The van der Waals surface area contributed by atoms with Crippen molar-refractivity contribution in [2.45, 2.75) is 13.0 Å². The maximum atomic E-state index is 12.4. The SMILES string of the molecule is O=C(O)c1cc(=O)c2ccccc2o1.O=C(Sc1nc2ccccc2s1)c1cc(=O)c2ccccc2o1.c1ccc2sc(SCSc3nc4ccccc4s3)nc2c1. The molecule has 5 heterocycles. The summed E-state index contributed by atoms with van der Waals surface area (Å²) in [6.07, 6.45) is 0. The van der Waals surface area contributed by atoms with Gasteiger partial charge < -0.3 is 13.9 Å². The van der Waals surface area contributed by atoms with E-state index in [1.165, 1.54) is 26.8 Å². The number of aromatic nitrogens is 3. The summed E-state index contributed by atoms with van der Waals surface area (Å²) < 4.78 is 17.0. The Morgan fingerprint density at radius 2 is 0.931 bits per heavy atom. The number of rotatable bonds is 7. The summed E-state index contributed by atoms with van der Waals surface area (Å²) in [7, 11) is 0. The van der Waals surface area contributed by atoms with E-state index in [4.69, 9.17) is 13.9 Å². The van der Waals surface area contributed by atoms with Crippen molar-refractivity contribution in [3.8, 4) is 0 Å². The molecule has 0 aliphatic rings. The first-order valence-corrected chi connectivity index (χ1v) is 22.3. The number of thiazole rings is 3. The highest BCUT2D eigenvalue weighted by molar-refractivity contribution is 8.17. The lowest BCUT2D eigenvalue weighted by molar-refractivity contribution is 0.0663. The van der Waals surface area contributed by atoms with Crippen molar-refractivity contribution in [1.82, 2.24) is 15.0 Å². The molecule has 0 aliphatic heterocycles. The fraction of sp³-hybridized carbons (Fsp3) is 0.0238. The van der Waals surface area contributed by atoms with Crippen LogP contribution in [0.4, 0.5) is 0 Å². The predicted molar refractivity (Wildman–Crippen MR) is 238 cm³/mol. The minimum atomic E-state index is -1.24. The highest BCUT2D eigenvalue weighted by atomic mass is 32.2. The van der Waals surface area contributed by atoms with Gasteiger partial charge in [0.15, 0.2) is 29.6 Å². The van der Waals surface area contributed by atoms with E-state index in [-0.39, 0.29) is 33.1 Å². The first-order chi connectivity index (χ1) is 28.3. The number of carbonyl (C=O) groups is 2. The largest absolute Gasteiger partial charge is 0.475 e. The Balaban J connectivity index is 0.000000125. The van der Waals surface area contributed by atoms with Crippen molar-refractivity contribution in [2.75, 3.05) is 5.08 Å². The fourth-order valence-corrected chi connectivity index (χ4v) is 11.9. The number of nitrogens with zero attached hydrogens (tertiary/aromatic N) is 3. The molecule has 0 saturated carbocycles. The molecule has 10 rings (SSSR count). The van der Waals surface area contributed by atoms with Crippen molar-refractivity contribution in [2.24, 2.45) is 0 Å². The molecule has 0 radical (unpaired) electrons. The van der Waals surface area contributed by atoms with E-state index in [1.807, 2.05) is 36.4 Å². The Hall–Kier alpha value is -5.62. The number of carboxylic acid groups (broad SMARTS) is 1. The molecule has 0 unspecified atom stereocenters. The molecule has 0 bridgehead atoms. The molecule has 0 aliphatic carbocycles. The van der Waals surface area contributed by atoms with Crippen LogP contribution in [0.25, 0.3) is 52.6 Å². The van der Waals surface area contributed by atoms with Gasteiger partial charge in [-0.25, -0.2) is 19.7 Å². The average molecular weight is 876 g/mol. The van der Waals surface area contributed by atoms with Crippen LogP contribution in [0.2, 0.25) is 0 Å². The van der Waals surface area contributed by atoms with E-state index in [0.717, 1.165) is 52.8 Å². The first kappa shape index (κ1) is 39.2. The lowest BCUT2D eigenvalue weighted by Crippen LogP contribution is -2.05. The van der Waals surface area contributed by atoms with Gasteiger partial charge in [0.25, 0.3) is 5.12 Å². The van der Waals surface area contributed by atoms with Crippen LogP contribution < -0.4 is 10.9 Å². The monoisotopic (exact) mass is 875 g/mol. The van der Waals surface area contributed by atoms with Crippen molar-refractivity contribution in [3.05, 3.63) is 165 Å². The first-order valence-electron chi connectivity index (χ1n) is 17.1. The molecular formula is C42H25N3O7S6. The quantitative estimate of drug-likeness (QED) is 0.119. The molecule has 10 aromatic rings. The minimum Gasteiger partial charge on any atom is -0.475 e. The summed E-state index contributed by atoms with van der Waals surface area (Å²) in [5.74, 6) is -1.54. The zero-order chi connectivity index (χ0) is 40.0. The number of fused-ring (bicyclic) bond motifs is 5. The molecule has 16 heteroatoms. The topological polar surface area (TPSA) is 153 Å². The maximum Gasteiger partial charge on any atom is 0.371 e. The Kier molecular flexibility index (Phi) is 12.1. The molecule has 10 nitrogen and oxygen atoms in total. The summed E-state index contributed by atoms with van der Waals surface area (Å²) in [5.41, 5.74) is 3.17. The van der Waals surface area contributed by atoms with Crippen molar-refractivity contribution >= 4 is 133 Å². The number of thioether (sulfide) groups is 3. The molecule has 0 amide bonds. The van der Waals surface area contributed by atoms with Crippen LogP contribution in [0.15, 0.2) is 165 Å². The van der Waals surface area contributed by atoms with Crippen LogP contribution in [0.1, 0.15) is 21.1 Å². The molecule has 0 spiro atoms. The number of benzene rings is 5.